The van der Waals surface area contributed by atoms with E-state index in [0.717, 1.165) is 16.5 Å². The van der Waals surface area contributed by atoms with E-state index in [1.165, 1.54) is 30.3 Å². The summed E-state index contributed by atoms with van der Waals surface area (Å²) in [6, 6.07) is 18.4. The number of fused-ring (bicyclic) bond motifs is 1. The number of carbonyl (C=O) groups is 1. The molecule has 0 fully saturated rings. The highest BCUT2D eigenvalue weighted by Gasteiger charge is 2.16. The Morgan fingerprint density at radius 2 is 1.83 bits per heavy atom. The summed E-state index contributed by atoms with van der Waals surface area (Å²) in [6.45, 7) is 3.88. The van der Waals surface area contributed by atoms with E-state index in [1.807, 2.05) is 44.2 Å². The van der Waals surface area contributed by atoms with Gasteiger partial charge in [-0.05, 0) is 36.9 Å². The molecule has 3 aromatic rings. The third kappa shape index (κ3) is 4.30. The summed E-state index contributed by atoms with van der Waals surface area (Å²) in [5.41, 5.74) is 0.477. The van der Waals surface area contributed by atoms with Crippen LogP contribution in [0, 0.1) is 21.4 Å². The average molecular weight is 386 g/mol. The minimum absolute atomic E-state index is 0.00455. The van der Waals surface area contributed by atoms with Crippen molar-refractivity contribution in [2.45, 2.75) is 20.0 Å². The second kappa shape index (κ2) is 8.36. The van der Waals surface area contributed by atoms with Gasteiger partial charge in [0, 0.05) is 23.1 Å². The molecular formula is C23H18N2O4. The molecule has 0 aromatic heterocycles. The number of nitro groups is 1. The Hall–Kier alpha value is -3.98. The van der Waals surface area contributed by atoms with Gasteiger partial charge in [0.15, 0.2) is 0 Å². The van der Waals surface area contributed by atoms with Gasteiger partial charge < -0.3 is 4.74 Å². The lowest BCUT2D eigenvalue weighted by Gasteiger charge is -2.14. The minimum Gasteiger partial charge on any atom is -0.490 e. The van der Waals surface area contributed by atoms with Crippen LogP contribution in [0.5, 0.6) is 5.75 Å². The van der Waals surface area contributed by atoms with Crippen LogP contribution in [0.1, 0.15) is 29.8 Å². The SMILES string of the molecule is CC(C)Oc1ccc(/C=C(\C#N)C(=O)c2cccc([N+](=O)[O-])c2)c2ccccc12. The molecule has 0 amide bonds. The van der Waals surface area contributed by atoms with Crippen LogP contribution in [0.2, 0.25) is 0 Å². The van der Waals surface area contributed by atoms with Crippen LogP contribution in [0.3, 0.4) is 0 Å². The van der Waals surface area contributed by atoms with Gasteiger partial charge in [-0.2, -0.15) is 5.26 Å². The molecule has 144 valence electrons. The number of nitrogens with zero attached hydrogens (tertiary/aromatic N) is 2. The first-order valence-electron chi connectivity index (χ1n) is 9.00. The highest BCUT2D eigenvalue weighted by atomic mass is 16.6. The molecule has 0 atom stereocenters. The third-order valence-electron chi connectivity index (χ3n) is 4.26. The quantitative estimate of drug-likeness (QED) is 0.188. The number of hydrogen-bond donors (Lipinski definition) is 0. The monoisotopic (exact) mass is 386 g/mol. The van der Waals surface area contributed by atoms with Crippen molar-refractivity contribution in [1.29, 1.82) is 5.26 Å². The van der Waals surface area contributed by atoms with Gasteiger partial charge in [0.25, 0.3) is 5.69 Å². The number of Topliss-reactive ketones (excluding diaryl/α,β-unsaturated/α-hetero) is 1. The average Bonchev–Trinajstić information content (AvgIpc) is 2.72. The van der Waals surface area contributed by atoms with Gasteiger partial charge in [0.05, 0.1) is 11.0 Å². The van der Waals surface area contributed by atoms with E-state index in [-0.39, 0.29) is 22.9 Å². The highest BCUT2D eigenvalue weighted by Crippen LogP contribution is 2.31. The molecule has 0 N–H and O–H groups in total. The molecule has 3 rings (SSSR count). The molecule has 6 nitrogen and oxygen atoms in total. The molecule has 0 heterocycles. The lowest BCUT2D eigenvalue weighted by atomic mass is 9.98. The zero-order valence-electron chi connectivity index (χ0n) is 16.0. The topological polar surface area (TPSA) is 93.2 Å². The van der Waals surface area contributed by atoms with Gasteiger partial charge in [0.1, 0.15) is 17.4 Å². The van der Waals surface area contributed by atoms with Crippen LogP contribution >= 0.6 is 0 Å². The van der Waals surface area contributed by atoms with Crippen molar-refractivity contribution in [3.8, 4) is 11.8 Å². The lowest BCUT2D eigenvalue weighted by Crippen LogP contribution is -2.06. The van der Waals surface area contributed by atoms with Crippen LogP contribution < -0.4 is 4.74 Å². The number of carbonyl (C=O) groups excluding carboxylic acids is 1. The first kappa shape index (κ1) is 19.8. The highest BCUT2D eigenvalue weighted by molar-refractivity contribution is 6.15. The zero-order chi connectivity index (χ0) is 21.0. The number of rotatable bonds is 6. The normalized spacial score (nSPS) is 11.3. The van der Waals surface area contributed by atoms with Gasteiger partial charge in [0.2, 0.25) is 5.78 Å². The van der Waals surface area contributed by atoms with Crippen LogP contribution in [-0.4, -0.2) is 16.8 Å². The molecule has 0 aliphatic rings. The molecule has 0 bridgehead atoms. The fourth-order valence-electron chi connectivity index (χ4n) is 3.00. The number of ether oxygens (including phenoxy) is 1. The first-order chi connectivity index (χ1) is 13.9. The van der Waals surface area contributed by atoms with E-state index in [1.54, 1.807) is 12.1 Å². The summed E-state index contributed by atoms with van der Waals surface area (Å²) in [7, 11) is 0. The summed E-state index contributed by atoms with van der Waals surface area (Å²) in [5, 5.41) is 22.2. The number of non-ortho nitro benzene ring substituents is 1. The molecule has 0 aliphatic heterocycles. The smallest absolute Gasteiger partial charge is 0.270 e. The van der Waals surface area contributed by atoms with Crippen molar-refractivity contribution in [3.05, 3.63) is 87.5 Å². The summed E-state index contributed by atoms with van der Waals surface area (Å²) in [6.07, 6.45) is 1.51. The van der Waals surface area contributed by atoms with Crippen LogP contribution in [0.4, 0.5) is 5.69 Å². The fraction of sp³-hybridized carbons (Fsp3) is 0.130. The predicted octanol–water partition coefficient (Wildman–Crippen LogP) is 5.33. The van der Waals surface area contributed by atoms with Crippen molar-refractivity contribution in [2.75, 3.05) is 0 Å². The third-order valence-corrected chi connectivity index (χ3v) is 4.26. The Balaban J connectivity index is 2.07. The van der Waals surface area contributed by atoms with Crippen molar-refractivity contribution in [1.82, 2.24) is 0 Å². The number of nitriles is 1. The summed E-state index contributed by atoms with van der Waals surface area (Å²) < 4.78 is 5.85. The molecule has 0 spiro atoms. The van der Waals surface area contributed by atoms with Crippen LogP contribution in [0.25, 0.3) is 16.8 Å². The Kier molecular flexibility index (Phi) is 5.70. The maximum absolute atomic E-state index is 12.8. The van der Waals surface area contributed by atoms with Crippen LogP contribution in [-0.2, 0) is 0 Å². The van der Waals surface area contributed by atoms with E-state index >= 15 is 0 Å². The van der Waals surface area contributed by atoms with Crippen molar-refractivity contribution >= 4 is 28.3 Å². The number of allylic oxidation sites excluding steroid dienone is 1. The molecule has 0 aliphatic carbocycles. The van der Waals surface area contributed by atoms with E-state index in [0.29, 0.717) is 5.56 Å². The summed E-state index contributed by atoms with van der Waals surface area (Å²) in [4.78, 5) is 23.2. The van der Waals surface area contributed by atoms with Gasteiger partial charge in [-0.15, -0.1) is 0 Å². The van der Waals surface area contributed by atoms with E-state index in [9.17, 15) is 20.2 Å². The molecular weight excluding hydrogens is 368 g/mol. The second-order valence-electron chi connectivity index (χ2n) is 6.67. The molecule has 29 heavy (non-hydrogen) atoms. The van der Waals surface area contributed by atoms with E-state index < -0.39 is 10.7 Å². The predicted molar refractivity (Wildman–Crippen MR) is 111 cm³/mol. The Morgan fingerprint density at radius 1 is 1.10 bits per heavy atom. The maximum atomic E-state index is 12.8. The van der Waals surface area contributed by atoms with Crippen LogP contribution in [0.15, 0.2) is 66.2 Å². The van der Waals surface area contributed by atoms with Gasteiger partial charge in [-0.25, -0.2) is 0 Å². The first-order valence-corrected chi connectivity index (χ1v) is 9.00. The van der Waals surface area contributed by atoms with Gasteiger partial charge in [-0.3, -0.25) is 14.9 Å². The minimum atomic E-state index is -0.576. The summed E-state index contributed by atoms with van der Waals surface area (Å²) in [5.74, 6) is 0.152. The summed E-state index contributed by atoms with van der Waals surface area (Å²) >= 11 is 0. The fourth-order valence-corrected chi connectivity index (χ4v) is 3.00. The number of hydrogen-bond acceptors (Lipinski definition) is 5. The maximum Gasteiger partial charge on any atom is 0.270 e. The Labute approximate surface area is 167 Å². The van der Waals surface area contributed by atoms with Crippen molar-refractivity contribution in [3.63, 3.8) is 0 Å². The van der Waals surface area contributed by atoms with Gasteiger partial charge >= 0.3 is 0 Å². The van der Waals surface area contributed by atoms with Crippen molar-refractivity contribution < 1.29 is 14.5 Å². The van der Waals surface area contributed by atoms with E-state index in [2.05, 4.69) is 0 Å². The second-order valence-corrected chi connectivity index (χ2v) is 6.67. The lowest BCUT2D eigenvalue weighted by molar-refractivity contribution is -0.384. The number of ketones is 1. The van der Waals surface area contributed by atoms with E-state index in [4.69, 9.17) is 4.74 Å². The standard InChI is InChI=1S/C23H18N2O4/c1-15(2)29-22-11-10-16(20-8-3-4-9-21(20)22)12-18(14-24)23(26)17-6-5-7-19(13-17)25(27)28/h3-13,15H,1-2H3/b18-12+. The van der Waals surface area contributed by atoms with Gasteiger partial charge in [-0.1, -0.05) is 42.5 Å². The Morgan fingerprint density at radius 3 is 2.48 bits per heavy atom. The molecule has 3 aromatic carbocycles. The molecule has 0 saturated heterocycles. The number of benzene rings is 3. The molecule has 6 heteroatoms. The molecule has 0 saturated carbocycles. The molecule has 0 radical (unpaired) electrons. The Bertz CT molecular complexity index is 1170. The number of nitro benzene ring substituents is 1. The van der Waals surface area contributed by atoms with Crippen molar-refractivity contribution in [2.24, 2.45) is 0 Å². The largest absolute Gasteiger partial charge is 0.490 e. The zero-order valence-corrected chi connectivity index (χ0v) is 16.0. The molecule has 0 unspecified atom stereocenters.